The van der Waals surface area contributed by atoms with Gasteiger partial charge in [0.25, 0.3) is 5.91 Å². The Kier molecular flexibility index (Phi) is 8.62. The molecule has 0 aliphatic rings. The molecule has 0 radical (unpaired) electrons. The third-order valence-electron chi connectivity index (χ3n) is 3.32. The average Bonchev–Trinajstić information content (AvgIpc) is 2.64. The van der Waals surface area contributed by atoms with Gasteiger partial charge in [-0.15, -0.1) is 0 Å². The summed E-state index contributed by atoms with van der Waals surface area (Å²) in [5.41, 5.74) is 6.57. The van der Waals surface area contributed by atoms with Crippen molar-refractivity contribution in [2.45, 2.75) is 6.92 Å². The first-order valence-electron chi connectivity index (χ1n) is 8.06. The molecule has 28 heavy (non-hydrogen) atoms. The number of carbonyl (C=O) groups is 2. The van der Waals surface area contributed by atoms with E-state index in [0.29, 0.717) is 5.75 Å². The molecule has 3 N–H and O–H groups in total. The largest absolute Gasteiger partial charge is 0.482 e. The van der Waals surface area contributed by atoms with Crippen LogP contribution in [0.4, 0.5) is 0 Å². The summed E-state index contributed by atoms with van der Waals surface area (Å²) in [5, 5.41) is 2.40. The molecule has 0 heterocycles. The van der Waals surface area contributed by atoms with Gasteiger partial charge in [-0.1, -0.05) is 46.3 Å². The first kappa shape index (κ1) is 22.1. The number of ether oxygens (including phenoxy) is 1. The van der Waals surface area contributed by atoms with Crippen LogP contribution in [0.1, 0.15) is 11.1 Å². The molecule has 2 aromatic carbocycles. The second-order valence-electron chi connectivity index (χ2n) is 5.56. The second-order valence-corrected chi connectivity index (χ2v) is 7.74. The van der Waals surface area contributed by atoms with Crippen molar-refractivity contribution in [3.05, 3.63) is 68.6 Å². The van der Waals surface area contributed by atoms with Gasteiger partial charge in [0.15, 0.2) is 11.7 Å². The van der Waals surface area contributed by atoms with Gasteiger partial charge in [-0.3, -0.25) is 25.8 Å². The number of rotatable bonds is 5. The van der Waals surface area contributed by atoms with Gasteiger partial charge >= 0.3 is 0 Å². The number of nitrogens with one attached hydrogen (secondary N) is 3. The van der Waals surface area contributed by atoms with Gasteiger partial charge in [0.2, 0.25) is 5.91 Å². The van der Waals surface area contributed by atoms with Gasteiger partial charge in [0.1, 0.15) is 5.75 Å². The molecule has 0 aliphatic heterocycles. The molecule has 9 heteroatoms. The third kappa shape index (κ3) is 7.41. The van der Waals surface area contributed by atoms with Gasteiger partial charge < -0.3 is 4.74 Å². The van der Waals surface area contributed by atoms with Crippen LogP contribution >= 0.6 is 44.1 Å². The molecule has 2 rings (SSSR count). The first-order valence-corrected chi connectivity index (χ1v) is 10.1. The number of thiocarbonyl (C=S) groups is 1. The van der Waals surface area contributed by atoms with Crippen LogP contribution in [-0.4, -0.2) is 23.5 Å². The molecule has 0 spiro atoms. The predicted octanol–water partition coefficient (Wildman–Crippen LogP) is 3.63. The molecule has 0 atom stereocenters. The van der Waals surface area contributed by atoms with Crippen molar-refractivity contribution < 1.29 is 14.3 Å². The lowest BCUT2D eigenvalue weighted by Crippen LogP contribution is -2.49. The van der Waals surface area contributed by atoms with Crippen LogP contribution < -0.4 is 20.9 Å². The molecule has 0 saturated carbocycles. The highest BCUT2D eigenvalue weighted by molar-refractivity contribution is 9.11. The summed E-state index contributed by atoms with van der Waals surface area (Å²) in [6, 6.07) is 13.1. The highest BCUT2D eigenvalue weighted by atomic mass is 79.9. The summed E-state index contributed by atoms with van der Waals surface area (Å²) in [6.45, 7) is 1.65. The normalized spacial score (nSPS) is 10.4. The number of carbonyl (C=O) groups excluding carboxylic acids is 2. The monoisotopic (exact) mass is 525 g/mol. The summed E-state index contributed by atoms with van der Waals surface area (Å²) in [4.78, 5) is 23.7. The highest BCUT2D eigenvalue weighted by Gasteiger charge is 2.10. The summed E-state index contributed by atoms with van der Waals surface area (Å²) < 4.78 is 7.15. The fourth-order valence-corrected chi connectivity index (χ4v) is 3.80. The van der Waals surface area contributed by atoms with Gasteiger partial charge in [-0.25, -0.2) is 0 Å². The number of benzene rings is 2. The Morgan fingerprint density at radius 2 is 1.86 bits per heavy atom. The van der Waals surface area contributed by atoms with E-state index in [9.17, 15) is 9.59 Å². The van der Waals surface area contributed by atoms with E-state index in [0.717, 1.165) is 20.1 Å². The van der Waals surface area contributed by atoms with Gasteiger partial charge in [-0.2, -0.15) is 0 Å². The van der Waals surface area contributed by atoms with Crippen LogP contribution in [0.5, 0.6) is 5.75 Å². The Bertz CT molecular complexity index is 882. The molecular weight excluding hydrogens is 510 g/mol. The zero-order valence-corrected chi connectivity index (χ0v) is 18.8. The van der Waals surface area contributed by atoms with Gasteiger partial charge in [-0.05, 0) is 64.4 Å². The Morgan fingerprint density at radius 3 is 2.54 bits per heavy atom. The van der Waals surface area contributed by atoms with E-state index in [4.69, 9.17) is 17.0 Å². The fraction of sp³-hybridized carbons (Fsp3) is 0.105. The number of halogens is 2. The molecule has 0 fully saturated rings. The fourth-order valence-electron chi connectivity index (χ4n) is 2.09. The van der Waals surface area contributed by atoms with Crippen LogP contribution in [0, 0.1) is 6.92 Å². The molecule has 0 bridgehead atoms. The van der Waals surface area contributed by atoms with Crippen molar-refractivity contribution >= 4 is 67.1 Å². The van der Waals surface area contributed by atoms with E-state index in [1.165, 1.54) is 6.08 Å². The van der Waals surface area contributed by atoms with E-state index in [-0.39, 0.29) is 11.7 Å². The number of amides is 2. The summed E-state index contributed by atoms with van der Waals surface area (Å²) in [5.74, 6) is -0.299. The zero-order chi connectivity index (χ0) is 20.5. The molecule has 2 aromatic rings. The Labute approximate surface area is 185 Å². The quantitative estimate of drug-likeness (QED) is 0.315. The number of hydrogen-bond acceptors (Lipinski definition) is 4. The predicted molar refractivity (Wildman–Crippen MR) is 120 cm³/mol. The number of hydrazine groups is 1. The lowest BCUT2D eigenvalue weighted by atomic mass is 10.2. The SMILES string of the molecule is Cc1cc(Br)cc(Br)c1OCC(=O)NNC(=S)NC(=O)/C=C/c1ccccc1. The minimum absolute atomic E-state index is 0.0305. The molecule has 0 aliphatic carbocycles. The molecule has 6 nitrogen and oxygen atoms in total. The number of aryl methyl sites for hydroxylation is 1. The minimum Gasteiger partial charge on any atom is -0.482 e. The smallest absolute Gasteiger partial charge is 0.276 e. The van der Waals surface area contributed by atoms with E-state index in [1.54, 1.807) is 6.08 Å². The van der Waals surface area contributed by atoms with Crippen molar-refractivity contribution in [1.82, 2.24) is 16.2 Å². The molecular formula is C19H17Br2N3O3S. The Hall–Kier alpha value is -2.23. The standard InChI is InChI=1S/C19H17Br2N3O3S/c1-12-9-14(20)10-15(21)18(12)27-11-17(26)23-24-19(28)22-16(25)8-7-13-5-3-2-4-6-13/h2-10H,11H2,1H3,(H,23,26)(H2,22,24,25,28)/b8-7+. The topological polar surface area (TPSA) is 79.5 Å². The third-order valence-corrected chi connectivity index (χ3v) is 4.57. The van der Waals surface area contributed by atoms with Crippen LogP contribution in [0.15, 0.2) is 57.5 Å². The van der Waals surface area contributed by atoms with E-state index < -0.39 is 11.8 Å². The van der Waals surface area contributed by atoms with Crippen LogP contribution in [-0.2, 0) is 9.59 Å². The van der Waals surface area contributed by atoms with Gasteiger partial charge in [0, 0.05) is 10.5 Å². The van der Waals surface area contributed by atoms with E-state index in [2.05, 4.69) is 48.0 Å². The van der Waals surface area contributed by atoms with Crippen molar-refractivity contribution in [3.63, 3.8) is 0 Å². The van der Waals surface area contributed by atoms with Crippen molar-refractivity contribution in [2.75, 3.05) is 6.61 Å². The summed E-state index contributed by atoms with van der Waals surface area (Å²) >= 11 is 11.7. The number of hydrogen-bond donors (Lipinski definition) is 3. The van der Waals surface area contributed by atoms with E-state index >= 15 is 0 Å². The summed E-state index contributed by atoms with van der Waals surface area (Å²) in [7, 11) is 0. The maximum Gasteiger partial charge on any atom is 0.276 e. The van der Waals surface area contributed by atoms with Crippen molar-refractivity contribution in [3.8, 4) is 5.75 Å². The van der Waals surface area contributed by atoms with Crippen molar-refractivity contribution in [1.29, 1.82) is 0 Å². The maximum atomic E-state index is 11.9. The highest BCUT2D eigenvalue weighted by Crippen LogP contribution is 2.32. The average molecular weight is 527 g/mol. The lowest BCUT2D eigenvalue weighted by molar-refractivity contribution is -0.123. The van der Waals surface area contributed by atoms with E-state index in [1.807, 2.05) is 49.4 Å². The van der Waals surface area contributed by atoms with Gasteiger partial charge in [0.05, 0.1) is 4.47 Å². The molecule has 0 unspecified atom stereocenters. The maximum absolute atomic E-state index is 11.9. The zero-order valence-electron chi connectivity index (χ0n) is 14.8. The Morgan fingerprint density at radius 1 is 1.14 bits per heavy atom. The second kappa shape index (κ2) is 10.9. The summed E-state index contributed by atoms with van der Waals surface area (Å²) in [6.07, 6.45) is 3.00. The first-order chi connectivity index (χ1) is 13.3. The van der Waals surface area contributed by atoms with Crippen molar-refractivity contribution in [2.24, 2.45) is 0 Å². The minimum atomic E-state index is -0.453. The van der Waals surface area contributed by atoms with Crippen LogP contribution in [0.3, 0.4) is 0 Å². The molecule has 0 saturated heterocycles. The Balaban J connectivity index is 1.74. The molecule has 0 aromatic heterocycles. The lowest BCUT2D eigenvalue weighted by Gasteiger charge is -2.13. The molecule has 2 amide bonds. The van der Waals surface area contributed by atoms with Crippen LogP contribution in [0.2, 0.25) is 0 Å². The molecule has 146 valence electrons. The van der Waals surface area contributed by atoms with Crippen LogP contribution in [0.25, 0.3) is 6.08 Å².